The predicted molar refractivity (Wildman–Crippen MR) is 81.3 cm³/mol. The molecule has 98 valence electrons. The Balaban J connectivity index is 0.000000810. The fraction of sp³-hybridized carbons (Fsp3) is 0.308. The van der Waals surface area contributed by atoms with Gasteiger partial charge in [0.15, 0.2) is 0 Å². The van der Waals surface area contributed by atoms with E-state index in [9.17, 15) is 0 Å². The first-order valence-corrected chi connectivity index (χ1v) is 5.73. The van der Waals surface area contributed by atoms with Crippen LogP contribution in [0.4, 0.5) is 5.69 Å². The van der Waals surface area contributed by atoms with Gasteiger partial charge in [-0.05, 0) is 0 Å². The third kappa shape index (κ3) is 2.86. The molecule has 1 saturated heterocycles. The van der Waals surface area contributed by atoms with E-state index in [0.29, 0.717) is 0 Å². The lowest BCUT2D eigenvalue weighted by Gasteiger charge is -2.30. The van der Waals surface area contributed by atoms with Crippen LogP contribution in [-0.2, 0) is 0 Å². The molecule has 1 aromatic carbocycles. The first-order valence-electron chi connectivity index (χ1n) is 5.73. The van der Waals surface area contributed by atoms with Crippen molar-refractivity contribution in [3.8, 4) is 0 Å². The van der Waals surface area contributed by atoms with E-state index >= 15 is 0 Å². The number of aromatic nitrogens is 1. The highest BCUT2D eigenvalue weighted by Gasteiger charge is 2.12. The quantitative estimate of drug-likeness (QED) is 0.873. The molecule has 1 fully saturated rings. The van der Waals surface area contributed by atoms with Gasteiger partial charge in [0.1, 0.15) is 0 Å². The summed E-state index contributed by atoms with van der Waals surface area (Å²) < 4.78 is 0. The summed E-state index contributed by atoms with van der Waals surface area (Å²) in [5.74, 6) is 0. The molecule has 0 amide bonds. The molecular weight excluding hydrogens is 269 g/mol. The fourth-order valence-electron chi connectivity index (χ4n) is 2.26. The van der Waals surface area contributed by atoms with E-state index in [2.05, 4.69) is 39.5 Å². The number of rotatable bonds is 1. The molecule has 0 radical (unpaired) electrons. The number of nitrogens with one attached hydrogen (secondary N) is 1. The molecule has 0 spiro atoms. The zero-order valence-corrected chi connectivity index (χ0v) is 11.6. The van der Waals surface area contributed by atoms with Gasteiger partial charge in [-0.2, -0.15) is 0 Å². The number of hydrogen-bond acceptors (Lipinski definition) is 3. The van der Waals surface area contributed by atoms with Gasteiger partial charge >= 0.3 is 0 Å². The summed E-state index contributed by atoms with van der Waals surface area (Å²) >= 11 is 0. The smallest absolute Gasteiger partial charge is 0.0633 e. The summed E-state index contributed by atoms with van der Waals surface area (Å²) in [6, 6.07) is 8.45. The minimum Gasteiger partial charge on any atom is -0.367 e. The Morgan fingerprint density at radius 2 is 1.72 bits per heavy atom. The summed E-state index contributed by atoms with van der Waals surface area (Å²) in [6.07, 6.45) is 3.91. The second kappa shape index (κ2) is 6.78. The van der Waals surface area contributed by atoms with E-state index in [4.69, 9.17) is 0 Å². The van der Waals surface area contributed by atoms with Gasteiger partial charge in [0, 0.05) is 43.1 Å². The molecule has 0 aliphatic carbocycles. The van der Waals surface area contributed by atoms with Crippen LogP contribution >= 0.6 is 24.8 Å². The topological polar surface area (TPSA) is 28.2 Å². The summed E-state index contributed by atoms with van der Waals surface area (Å²) in [5, 5.41) is 5.90. The van der Waals surface area contributed by atoms with Gasteiger partial charge in [0.25, 0.3) is 0 Å². The molecule has 0 unspecified atom stereocenters. The number of halogens is 2. The van der Waals surface area contributed by atoms with Crippen LogP contribution in [-0.4, -0.2) is 31.2 Å². The van der Waals surface area contributed by atoms with Crippen LogP contribution in [0.15, 0.2) is 36.7 Å². The van der Waals surface area contributed by atoms with E-state index in [1.165, 1.54) is 16.5 Å². The Hall–Kier alpha value is -1.03. The molecule has 1 aliphatic rings. The van der Waals surface area contributed by atoms with Gasteiger partial charge in [0.05, 0.1) is 11.9 Å². The van der Waals surface area contributed by atoms with Gasteiger partial charge in [-0.15, -0.1) is 24.8 Å². The maximum atomic E-state index is 4.33. The minimum absolute atomic E-state index is 0. The molecule has 2 aromatic rings. The molecular formula is C13H17Cl2N3. The molecule has 0 atom stereocenters. The number of benzene rings is 1. The third-order valence-electron chi connectivity index (χ3n) is 3.10. The first kappa shape index (κ1) is 15.0. The SMILES string of the molecule is Cl.Cl.c1ccc2c(N3CCNCC3)cncc2c1. The van der Waals surface area contributed by atoms with Gasteiger partial charge in [0.2, 0.25) is 0 Å². The number of pyridine rings is 1. The third-order valence-corrected chi connectivity index (χ3v) is 3.10. The highest BCUT2D eigenvalue weighted by molar-refractivity contribution is 5.93. The van der Waals surface area contributed by atoms with Crippen molar-refractivity contribution in [1.82, 2.24) is 10.3 Å². The molecule has 3 nitrogen and oxygen atoms in total. The second-order valence-corrected chi connectivity index (χ2v) is 4.12. The van der Waals surface area contributed by atoms with Crippen LogP contribution in [0, 0.1) is 0 Å². The Morgan fingerprint density at radius 3 is 2.50 bits per heavy atom. The van der Waals surface area contributed by atoms with E-state index < -0.39 is 0 Å². The normalized spacial score (nSPS) is 14.8. The zero-order chi connectivity index (χ0) is 10.8. The van der Waals surface area contributed by atoms with Crippen molar-refractivity contribution < 1.29 is 0 Å². The molecule has 1 N–H and O–H groups in total. The monoisotopic (exact) mass is 285 g/mol. The highest BCUT2D eigenvalue weighted by Crippen LogP contribution is 2.25. The van der Waals surface area contributed by atoms with Gasteiger partial charge < -0.3 is 10.2 Å². The number of hydrogen-bond donors (Lipinski definition) is 1. The minimum atomic E-state index is 0. The molecule has 1 aliphatic heterocycles. The maximum absolute atomic E-state index is 4.33. The largest absolute Gasteiger partial charge is 0.367 e. The molecule has 5 heteroatoms. The lowest BCUT2D eigenvalue weighted by atomic mass is 10.1. The van der Waals surface area contributed by atoms with Crippen molar-refractivity contribution in [2.45, 2.75) is 0 Å². The van der Waals surface area contributed by atoms with Crippen molar-refractivity contribution >= 4 is 41.3 Å². The molecule has 2 heterocycles. The lowest BCUT2D eigenvalue weighted by Crippen LogP contribution is -2.43. The molecule has 0 bridgehead atoms. The second-order valence-electron chi connectivity index (χ2n) is 4.12. The van der Waals surface area contributed by atoms with E-state index in [1.807, 2.05) is 12.4 Å². The lowest BCUT2D eigenvalue weighted by molar-refractivity contribution is 0.590. The Bertz CT molecular complexity index is 493. The highest BCUT2D eigenvalue weighted by atomic mass is 35.5. The number of fused-ring (bicyclic) bond motifs is 1. The van der Waals surface area contributed by atoms with Crippen LogP contribution in [0.5, 0.6) is 0 Å². The number of piperazine rings is 1. The van der Waals surface area contributed by atoms with Crippen molar-refractivity contribution in [3.63, 3.8) is 0 Å². The van der Waals surface area contributed by atoms with Crippen LogP contribution in [0.25, 0.3) is 10.8 Å². The standard InChI is InChI=1S/C13H15N3.2ClH/c1-2-4-12-11(3-1)9-15-10-13(12)16-7-5-14-6-8-16;;/h1-4,9-10,14H,5-8H2;2*1H. The van der Waals surface area contributed by atoms with Crippen LogP contribution in [0.3, 0.4) is 0 Å². The molecule has 3 rings (SSSR count). The first-order chi connectivity index (χ1) is 7.95. The van der Waals surface area contributed by atoms with E-state index in [0.717, 1.165) is 26.2 Å². The maximum Gasteiger partial charge on any atom is 0.0633 e. The van der Waals surface area contributed by atoms with Gasteiger partial charge in [-0.3, -0.25) is 4.98 Å². The van der Waals surface area contributed by atoms with Crippen LogP contribution < -0.4 is 10.2 Å². The molecule has 0 saturated carbocycles. The summed E-state index contributed by atoms with van der Waals surface area (Å²) in [4.78, 5) is 6.73. The predicted octanol–water partition coefficient (Wildman–Crippen LogP) is 2.49. The van der Waals surface area contributed by atoms with Crippen molar-refractivity contribution in [3.05, 3.63) is 36.7 Å². The van der Waals surface area contributed by atoms with E-state index in [1.54, 1.807) is 0 Å². The van der Waals surface area contributed by atoms with E-state index in [-0.39, 0.29) is 24.8 Å². The van der Waals surface area contributed by atoms with Gasteiger partial charge in [-0.1, -0.05) is 24.3 Å². The molecule has 18 heavy (non-hydrogen) atoms. The van der Waals surface area contributed by atoms with Crippen molar-refractivity contribution in [1.29, 1.82) is 0 Å². The van der Waals surface area contributed by atoms with Crippen LogP contribution in [0.2, 0.25) is 0 Å². The van der Waals surface area contributed by atoms with Crippen molar-refractivity contribution in [2.75, 3.05) is 31.1 Å². The summed E-state index contributed by atoms with van der Waals surface area (Å²) in [6.45, 7) is 4.25. The van der Waals surface area contributed by atoms with Crippen molar-refractivity contribution in [2.24, 2.45) is 0 Å². The number of nitrogens with zero attached hydrogens (tertiary/aromatic N) is 2. The van der Waals surface area contributed by atoms with Gasteiger partial charge in [-0.25, -0.2) is 0 Å². The number of anilines is 1. The fourth-order valence-corrected chi connectivity index (χ4v) is 2.26. The average molecular weight is 286 g/mol. The molecule has 1 aromatic heterocycles. The Kier molecular flexibility index (Phi) is 5.66. The summed E-state index contributed by atoms with van der Waals surface area (Å²) in [5.41, 5.74) is 1.26. The Morgan fingerprint density at radius 1 is 1.00 bits per heavy atom. The zero-order valence-electron chi connectivity index (χ0n) is 10.0. The summed E-state index contributed by atoms with van der Waals surface area (Å²) in [7, 11) is 0. The average Bonchev–Trinajstić information content (AvgIpc) is 2.39. The van der Waals surface area contributed by atoms with Crippen LogP contribution in [0.1, 0.15) is 0 Å². The Labute approximate surface area is 119 Å².